The highest BCUT2D eigenvalue weighted by Gasteiger charge is 2.31. The highest BCUT2D eigenvalue weighted by atomic mass is 16.2. The Kier molecular flexibility index (Phi) is 4.06. The van der Waals surface area contributed by atoms with Crippen LogP contribution in [0.4, 0.5) is 0 Å². The Hall–Kier alpha value is -1.35. The van der Waals surface area contributed by atoms with Crippen LogP contribution in [0.1, 0.15) is 37.8 Å². The molecule has 1 unspecified atom stereocenters. The zero-order valence-electron chi connectivity index (χ0n) is 12.3. The van der Waals surface area contributed by atoms with Crippen molar-refractivity contribution < 1.29 is 4.79 Å². The molecule has 1 aromatic carbocycles. The Balaban J connectivity index is 1.54. The summed E-state index contributed by atoms with van der Waals surface area (Å²) in [6, 6.07) is 11.1. The third-order valence-corrected chi connectivity index (χ3v) is 4.91. The van der Waals surface area contributed by atoms with Crippen molar-refractivity contribution in [2.45, 2.75) is 32.2 Å². The van der Waals surface area contributed by atoms with Gasteiger partial charge in [-0.25, -0.2) is 0 Å². The van der Waals surface area contributed by atoms with Gasteiger partial charge in [-0.05, 0) is 25.3 Å². The largest absolute Gasteiger partial charge is 0.340 e. The highest BCUT2D eigenvalue weighted by Crippen LogP contribution is 2.29. The summed E-state index contributed by atoms with van der Waals surface area (Å²) in [4.78, 5) is 16.8. The molecular weight excluding hydrogens is 248 g/mol. The van der Waals surface area contributed by atoms with Crippen molar-refractivity contribution in [3.05, 3.63) is 35.9 Å². The van der Waals surface area contributed by atoms with E-state index in [1.165, 1.54) is 12.0 Å². The molecule has 1 atom stereocenters. The van der Waals surface area contributed by atoms with E-state index in [4.69, 9.17) is 0 Å². The van der Waals surface area contributed by atoms with Gasteiger partial charge in [-0.1, -0.05) is 36.8 Å². The second-order valence-corrected chi connectivity index (χ2v) is 6.08. The van der Waals surface area contributed by atoms with Gasteiger partial charge in [0.1, 0.15) is 0 Å². The van der Waals surface area contributed by atoms with Crippen LogP contribution >= 0.6 is 0 Å². The van der Waals surface area contributed by atoms with Crippen molar-refractivity contribution in [2.24, 2.45) is 5.92 Å². The third-order valence-electron chi connectivity index (χ3n) is 4.91. The zero-order valence-corrected chi connectivity index (χ0v) is 12.3. The third kappa shape index (κ3) is 2.73. The fourth-order valence-electron chi connectivity index (χ4n) is 3.19. The SMILES string of the molecule is CC(c1ccccc1)N1CCN(C(=O)C2CCC2)CC1. The lowest BCUT2D eigenvalue weighted by Gasteiger charge is -2.40. The smallest absolute Gasteiger partial charge is 0.225 e. The van der Waals surface area contributed by atoms with Crippen LogP contribution in [0, 0.1) is 5.92 Å². The van der Waals surface area contributed by atoms with Crippen LogP contribution in [0.15, 0.2) is 30.3 Å². The fraction of sp³-hybridized carbons (Fsp3) is 0.588. The van der Waals surface area contributed by atoms with Crippen molar-refractivity contribution in [1.82, 2.24) is 9.80 Å². The molecule has 3 nitrogen and oxygen atoms in total. The van der Waals surface area contributed by atoms with Gasteiger partial charge in [-0.15, -0.1) is 0 Å². The summed E-state index contributed by atoms with van der Waals surface area (Å²) in [6.07, 6.45) is 3.46. The molecule has 1 saturated heterocycles. The van der Waals surface area contributed by atoms with Gasteiger partial charge in [0, 0.05) is 38.1 Å². The molecule has 1 aliphatic carbocycles. The van der Waals surface area contributed by atoms with Crippen LogP contribution in [-0.2, 0) is 4.79 Å². The van der Waals surface area contributed by atoms with E-state index in [2.05, 4.69) is 47.1 Å². The first-order valence-electron chi connectivity index (χ1n) is 7.83. The lowest BCUT2D eigenvalue weighted by molar-refractivity contribution is -0.140. The molecule has 20 heavy (non-hydrogen) atoms. The van der Waals surface area contributed by atoms with Gasteiger partial charge in [0.05, 0.1) is 0 Å². The predicted octanol–water partition coefficient (Wildman–Crippen LogP) is 2.69. The topological polar surface area (TPSA) is 23.6 Å². The molecule has 3 heteroatoms. The minimum atomic E-state index is 0.341. The van der Waals surface area contributed by atoms with Crippen molar-refractivity contribution in [3.8, 4) is 0 Å². The van der Waals surface area contributed by atoms with Crippen LogP contribution < -0.4 is 0 Å². The normalized spacial score (nSPS) is 22.4. The molecule has 2 aliphatic rings. The van der Waals surface area contributed by atoms with Crippen LogP contribution in [-0.4, -0.2) is 41.9 Å². The Morgan fingerprint density at radius 3 is 2.30 bits per heavy atom. The van der Waals surface area contributed by atoms with Gasteiger partial charge in [-0.3, -0.25) is 9.69 Å². The Labute approximate surface area is 121 Å². The number of carbonyl (C=O) groups excluding carboxylic acids is 1. The van der Waals surface area contributed by atoms with Gasteiger partial charge in [0.2, 0.25) is 5.91 Å². The summed E-state index contributed by atoms with van der Waals surface area (Å²) >= 11 is 0. The fourth-order valence-corrected chi connectivity index (χ4v) is 3.19. The number of piperazine rings is 1. The van der Waals surface area contributed by atoms with E-state index in [-0.39, 0.29) is 0 Å². The van der Waals surface area contributed by atoms with E-state index in [1.807, 2.05) is 0 Å². The summed E-state index contributed by atoms with van der Waals surface area (Å²) < 4.78 is 0. The first-order valence-corrected chi connectivity index (χ1v) is 7.83. The lowest BCUT2D eigenvalue weighted by Crippen LogP contribution is -2.51. The quantitative estimate of drug-likeness (QED) is 0.844. The number of rotatable bonds is 3. The molecule has 1 amide bonds. The van der Waals surface area contributed by atoms with E-state index < -0.39 is 0 Å². The maximum atomic E-state index is 12.2. The number of hydrogen-bond acceptors (Lipinski definition) is 2. The van der Waals surface area contributed by atoms with Gasteiger partial charge >= 0.3 is 0 Å². The van der Waals surface area contributed by atoms with Crippen LogP contribution in [0.2, 0.25) is 0 Å². The van der Waals surface area contributed by atoms with E-state index in [0.29, 0.717) is 17.9 Å². The summed E-state index contributed by atoms with van der Waals surface area (Å²) in [7, 11) is 0. The Morgan fingerprint density at radius 2 is 1.75 bits per heavy atom. The molecule has 0 aromatic heterocycles. The van der Waals surface area contributed by atoms with Crippen LogP contribution in [0.3, 0.4) is 0 Å². The minimum absolute atomic E-state index is 0.341. The standard InChI is InChI=1S/C17H24N2O/c1-14(15-6-3-2-4-7-15)18-10-12-19(13-11-18)17(20)16-8-5-9-16/h2-4,6-7,14,16H,5,8-13H2,1H3. The molecule has 0 spiro atoms. The summed E-state index contributed by atoms with van der Waals surface area (Å²) in [5.74, 6) is 0.747. The van der Waals surface area contributed by atoms with Gasteiger partial charge in [-0.2, -0.15) is 0 Å². The Bertz CT molecular complexity index is 447. The molecule has 0 radical (unpaired) electrons. The molecule has 1 aliphatic heterocycles. The Morgan fingerprint density at radius 1 is 1.10 bits per heavy atom. The van der Waals surface area contributed by atoms with Crippen molar-refractivity contribution in [3.63, 3.8) is 0 Å². The number of hydrogen-bond donors (Lipinski definition) is 0. The summed E-state index contributed by atoms with van der Waals surface area (Å²) in [5, 5.41) is 0. The van der Waals surface area contributed by atoms with Crippen molar-refractivity contribution in [2.75, 3.05) is 26.2 Å². The summed E-state index contributed by atoms with van der Waals surface area (Å²) in [5.41, 5.74) is 1.37. The number of carbonyl (C=O) groups is 1. The predicted molar refractivity (Wildman–Crippen MR) is 80.4 cm³/mol. The number of amides is 1. The second kappa shape index (κ2) is 5.96. The monoisotopic (exact) mass is 272 g/mol. The highest BCUT2D eigenvalue weighted by molar-refractivity contribution is 5.79. The van der Waals surface area contributed by atoms with Crippen LogP contribution in [0.25, 0.3) is 0 Å². The van der Waals surface area contributed by atoms with Crippen LogP contribution in [0.5, 0.6) is 0 Å². The molecular formula is C17H24N2O. The molecule has 1 saturated carbocycles. The van der Waals surface area contributed by atoms with E-state index >= 15 is 0 Å². The average molecular weight is 272 g/mol. The maximum Gasteiger partial charge on any atom is 0.225 e. The van der Waals surface area contributed by atoms with Crippen molar-refractivity contribution in [1.29, 1.82) is 0 Å². The maximum absolute atomic E-state index is 12.2. The molecule has 0 bridgehead atoms. The average Bonchev–Trinajstić information content (AvgIpc) is 2.46. The molecule has 1 heterocycles. The number of benzene rings is 1. The second-order valence-electron chi connectivity index (χ2n) is 6.08. The van der Waals surface area contributed by atoms with Gasteiger partial charge < -0.3 is 4.90 Å². The first-order chi connectivity index (χ1) is 9.75. The van der Waals surface area contributed by atoms with E-state index in [9.17, 15) is 4.79 Å². The summed E-state index contributed by atoms with van der Waals surface area (Å²) in [6.45, 7) is 6.04. The first kappa shape index (κ1) is 13.6. The zero-order chi connectivity index (χ0) is 13.9. The molecule has 1 aromatic rings. The van der Waals surface area contributed by atoms with Gasteiger partial charge in [0.25, 0.3) is 0 Å². The molecule has 108 valence electrons. The van der Waals surface area contributed by atoms with E-state index in [0.717, 1.165) is 39.0 Å². The molecule has 3 rings (SSSR count). The molecule has 2 fully saturated rings. The lowest BCUT2D eigenvalue weighted by atomic mass is 9.84. The minimum Gasteiger partial charge on any atom is -0.340 e. The molecule has 0 N–H and O–H groups in total. The van der Waals surface area contributed by atoms with E-state index in [1.54, 1.807) is 0 Å². The van der Waals surface area contributed by atoms with Gasteiger partial charge in [0.15, 0.2) is 0 Å². The number of nitrogens with zero attached hydrogens (tertiary/aromatic N) is 2. The van der Waals surface area contributed by atoms with Crippen molar-refractivity contribution >= 4 is 5.91 Å².